The number of nitrogens with one attached hydrogen (secondary N) is 1. The van der Waals surface area contributed by atoms with Crippen molar-refractivity contribution < 1.29 is 25.8 Å². The van der Waals surface area contributed by atoms with Gasteiger partial charge < -0.3 is 0 Å². The van der Waals surface area contributed by atoms with E-state index in [0.29, 0.717) is 11.6 Å². The molecule has 0 spiro atoms. The van der Waals surface area contributed by atoms with Gasteiger partial charge in [-0.05, 0) is 35.9 Å². The highest BCUT2D eigenvalue weighted by molar-refractivity contribution is 7.92. The minimum atomic E-state index is -4.89. The fourth-order valence-electron chi connectivity index (χ4n) is 2.20. The molecule has 11 heteroatoms. The molecule has 0 fully saturated rings. The van der Waals surface area contributed by atoms with Gasteiger partial charge in [0.1, 0.15) is 0 Å². The summed E-state index contributed by atoms with van der Waals surface area (Å²) in [7, 11) is -5.59. The summed E-state index contributed by atoms with van der Waals surface area (Å²) in [5.74, 6) is 0.154. The van der Waals surface area contributed by atoms with Crippen LogP contribution in [0.2, 0.25) is 5.02 Å². The third-order valence-corrected chi connectivity index (χ3v) is 5.80. The van der Waals surface area contributed by atoms with Crippen molar-refractivity contribution in [1.29, 1.82) is 5.26 Å². The third kappa shape index (κ3) is 5.22. The Hall–Kier alpha value is -2.09. The number of alkyl halides is 3. The van der Waals surface area contributed by atoms with Crippen LogP contribution in [-0.4, -0.2) is 18.9 Å². The lowest BCUT2D eigenvalue weighted by Crippen LogP contribution is -2.16. The highest BCUT2D eigenvalue weighted by Gasteiger charge is 2.35. The van der Waals surface area contributed by atoms with Crippen LogP contribution in [0.3, 0.4) is 0 Å². The van der Waals surface area contributed by atoms with Crippen LogP contribution >= 0.6 is 11.6 Å². The van der Waals surface area contributed by atoms with Crippen LogP contribution in [0, 0.1) is 11.3 Å². The van der Waals surface area contributed by atoms with Gasteiger partial charge in [-0.2, -0.15) is 18.4 Å². The number of hydrogen-bond donors (Lipinski definition) is 1. The average Bonchev–Trinajstić information content (AvgIpc) is 2.55. The molecular weight excluding hydrogens is 425 g/mol. The summed E-state index contributed by atoms with van der Waals surface area (Å²) in [5, 5.41) is 8.81. The first-order valence-electron chi connectivity index (χ1n) is 7.16. The first kappa shape index (κ1) is 21.2. The molecule has 0 amide bonds. The fraction of sp³-hybridized carbons (Fsp3) is 0.188. The van der Waals surface area contributed by atoms with Crippen LogP contribution in [0.5, 0.6) is 0 Å². The van der Waals surface area contributed by atoms with Gasteiger partial charge in [0.05, 0.1) is 32.8 Å². The Labute approximate surface area is 161 Å². The molecule has 0 aromatic heterocycles. The van der Waals surface area contributed by atoms with Gasteiger partial charge in [-0.3, -0.25) is 8.93 Å². The highest BCUT2D eigenvalue weighted by Crippen LogP contribution is 2.34. The van der Waals surface area contributed by atoms with Crippen molar-refractivity contribution in [2.24, 2.45) is 0 Å². The fourth-order valence-corrected chi connectivity index (χ4v) is 4.17. The lowest BCUT2D eigenvalue weighted by atomic mass is 10.1. The number of anilines is 1. The topological polar surface area (TPSA) is 87.0 Å². The van der Waals surface area contributed by atoms with E-state index in [-0.39, 0.29) is 16.5 Å². The second kappa shape index (κ2) is 7.88. The van der Waals surface area contributed by atoms with Crippen LogP contribution < -0.4 is 4.72 Å². The van der Waals surface area contributed by atoms with Gasteiger partial charge in [-0.25, -0.2) is 8.42 Å². The molecule has 2 aromatic rings. The Morgan fingerprint density at radius 1 is 1.22 bits per heavy atom. The van der Waals surface area contributed by atoms with Crippen LogP contribution in [0.4, 0.5) is 18.9 Å². The zero-order chi connectivity index (χ0) is 20.4. The SMILES string of the molecule is C[S@@](=O)Cc1ccc(Cl)c(NS(=O)(=O)c2ccc(C#N)c(C(F)(F)F)c2)c1. The first-order valence-corrected chi connectivity index (χ1v) is 10.8. The molecule has 0 aliphatic carbocycles. The molecule has 144 valence electrons. The smallest absolute Gasteiger partial charge is 0.278 e. The molecule has 0 saturated heterocycles. The van der Waals surface area contributed by atoms with E-state index in [1.807, 2.05) is 0 Å². The maximum absolute atomic E-state index is 13.1. The lowest BCUT2D eigenvalue weighted by Gasteiger charge is -2.14. The Balaban J connectivity index is 2.46. The standard InChI is InChI=1S/C16H12ClF3N2O3S2/c1-26(23)9-10-2-5-14(17)15(6-10)22-27(24,25)12-4-3-11(8-21)13(7-12)16(18,19)20/h2-7,22H,9H2,1H3/t26-/m1/s1. The van der Waals surface area contributed by atoms with Gasteiger partial charge in [-0.1, -0.05) is 17.7 Å². The molecule has 5 nitrogen and oxygen atoms in total. The number of hydrogen-bond acceptors (Lipinski definition) is 4. The highest BCUT2D eigenvalue weighted by atomic mass is 35.5. The maximum Gasteiger partial charge on any atom is 0.417 e. The van der Waals surface area contributed by atoms with Crippen LogP contribution in [0.15, 0.2) is 41.3 Å². The second-order valence-electron chi connectivity index (χ2n) is 5.45. The van der Waals surface area contributed by atoms with Gasteiger partial charge in [0.25, 0.3) is 10.0 Å². The van der Waals surface area contributed by atoms with Gasteiger partial charge in [0.2, 0.25) is 0 Å². The molecule has 2 aromatic carbocycles. The van der Waals surface area contributed by atoms with E-state index in [1.165, 1.54) is 24.5 Å². The Morgan fingerprint density at radius 2 is 1.89 bits per heavy atom. The van der Waals surface area contributed by atoms with E-state index >= 15 is 0 Å². The van der Waals surface area contributed by atoms with E-state index in [9.17, 15) is 25.8 Å². The number of halogens is 4. The Kier molecular flexibility index (Phi) is 6.19. The molecule has 1 N–H and O–H groups in total. The molecule has 2 rings (SSSR count). The van der Waals surface area contributed by atoms with Crippen molar-refractivity contribution in [3.8, 4) is 6.07 Å². The zero-order valence-corrected chi connectivity index (χ0v) is 16.1. The van der Waals surface area contributed by atoms with Crippen LogP contribution in [0.25, 0.3) is 0 Å². The second-order valence-corrected chi connectivity index (χ2v) is 8.98. The zero-order valence-electron chi connectivity index (χ0n) is 13.7. The number of rotatable bonds is 5. The predicted molar refractivity (Wildman–Crippen MR) is 96.2 cm³/mol. The van der Waals surface area contributed by atoms with Gasteiger partial charge in [0, 0.05) is 22.8 Å². The molecule has 27 heavy (non-hydrogen) atoms. The quantitative estimate of drug-likeness (QED) is 0.769. The van der Waals surface area contributed by atoms with Crippen molar-refractivity contribution in [2.45, 2.75) is 16.8 Å². The number of nitriles is 1. The van der Waals surface area contributed by atoms with E-state index in [1.54, 1.807) is 6.07 Å². The molecule has 0 saturated carbocycles. The predicted octanol–water partition coefficient (Wildman–Crippen LogP) is 3.91. The monoisotopic (exact) mass is 436 g/mol. The Morgan fingerprint density at radius 3 is 2.44 bits per heavy atom. The summed E-state index contributed by atoms with van der Waals surface area (Å²) in [6.07, 6.45) is -3.42. The molecule has 1 atom stereocenters. The van der Waals surface area contributed by atoms with E-state index < -0.39 is 43.0 Å². The normalized spacial score (nSPS) is 13.0. The minimum Gasteiger partial charge on any atom is -0.278 e. The van der Waals surface area contributed by atoms with E-state index in [4.69, 9.17) is 16.9 Å². The third-order valence-electron chi connectivity index (χ3n) is 3.37. The van der Waals surface area contributed by atoms with Gasteiger partial charge >= 0.3 is 6.18 Å². The van der Waals surface area contributed by atoms with Crippen molar-refractivity contribution in [1.82, 2.24) is 0 Å². The van der Waals surface area contributed by atoms with Gasteiger partial charge in [0.15, 0.2) is 0 Å². The minimum absolute atomic E-state index is 0.0221. The number of nitrogens with zero attached hydrogens (tertiary/aromatic N) is 1. The first-order chi connectivity index (χ1) is 12.4. The van der Waals surface area contributed by atoms with E-state index in [2.05, 4.69) is 4.72 Å². The Bertz CT molecular complexity index is 1050. The maximum atomic E-state index is 13.1. The number of benzene rings is 2. The van der Waals surface area contributed by atoms with Crippen molar-refractivity contribution in [3.05, 3.63) is 58.1 Å². The van der Waals surface area contributed by atoms with Crippen molar-refractivity contribution >= 4 is 38.1 Å². The molecule has 0 bridgehead atoms. The summed E-state index contributed by atoms with van der Waals surface area (Å²) < 4.78 is 77.6. The van der Waals surface area contributed by atoms with E-state index in [0.717, 1.165) is 12.1 Å². The molecule has 0 aliphatic heterocycles. The molecule has 0 aliphatic rings. The van der Waals surface area contributed by atoms with Crippen LogP contribution in [0.1, 0.15) is 16.7 Å². The van der Waals surface area contributed by atoms with Gasteiger partial charge in [-0.15, -0.1) is 0 Å². The molecular formula is C16H12ClF3N2O3S2. The summed E-state index contributed by atoms with van der Waals surface area (Å²) >= 11 is 5.95. The molecule has 0 radical (unpaired) electrons. The summed E-state index contributed by atoms with van der Waals surface area (Å²) in [5.41, 5.74) is -1.56. The van der Waals surface area contributed by atoms with Crippen molar-refractivity contribution in [3.63, 3.8) is 0 Å². The molecule has 0 heterocycles. The van der Waals surface area contributed by atoms with Crippen LogP contribution in [-0.2, 0) is 32.8 Å². The summed E-state index contributed by atoms with van der Waals surface area (Å²) in [6, 6.07) is 7.76. The summed E-state index contributed by atoms with van der Waals surface area (Å²) in [6.45, 7) is 0. The number of sulfonamides is 1. The average molecular weight is 437 g/mol. The van der Waals surface area contributed by atoms with Crippen molar-refractivity contribution in [2.75, 3.05) is 11.0 Å². The summed E-state index contributed by atoms with van der Waals surface area (Å²) in [4.78, 5) is -0.672. The molecule has 0 unspecified atom stereocenters. The largest absolute Gasteiger partial charge is 0.417 e. The lowest BCUT2D eigenvalue weighted by molar-refractivity contribution is -0.137.